The molecule has 0 amide bonds. The summed E-state index contributed by atoms with van der Waals surface area (Å²) >= 11 is 1.89. The van der Waals surface area contributed by atoms with Crippen LogP contribution in [-0.4, -0.2) is 0 Å². The molecule has 4 atom stereocenters. The Morgan fingerprint density at radius 3 is 2.00 bits per heavy atom. The Balaban J connectivity index is 1.08. The third kappa shape index (κ3) is 7.12. The van der Waals surface area contributed by atoms with E-state index in [4.69, 9.17) is 0 Å². The highest BCUT2D eigenvalue weighted by Crippen LogP contribution is 2.52. The number of hydrogen-bond donors (Lipinski definition) is 2. The van der Waals surface area contributed by atoms with Crippen molar-refractivity contribution >= 4 is 55.3 Å². The molecule has 2 aliphatic carbocycles. The van der Waals surface area contributed by atoms with E-state index in [1.165, 1.54) is 59.3 Å². The van der Waals surface area contributed by atoms with Crippen LogP contribution in [0.3, 0.4) is 0 Å². The van der Waals surface area contributed by atoms with E-state index in [0.29, 0.717) is 0 Å². The summed E-state index contributed by atoms with van der Waals surface area (Å²) in [5, 5.41) is 11.8. The van der Waals surface area contributed by atoms with Crippen molar-refractivity contribution in [1.82, 2.24) is 5.32 Å². The summed E-state index contributed by atoms with van der Waals surface area (Å²) in [7, 11) is 0. The Hall–Kier alpha value is -6.72. The third-order valence-electron chi connectivity index (χ3n) is 11.7. The molecule has 7 aromatic carbocycles. The highest BCUT2D eigenvalue weighted by atomic mass is 32.1. The largest absolute Gasteiger partial charge is 0.365 e. The van der Waals surface area contributed by atoms with Gasteiger partial charge < -0.3 is 10.2 Å². The zero-order valence-corrected chi connectivity index (χ0v) is 33.8. The molecule has 1 aromatic heterocycles. The molecular formula is C55H45N3S. The zero-order chi connectivity index (χ0) is 39.7. The molecule has 0 spiro atoms. The van der Waals surface area contributed by atoms with E-state index in [-0.39, 0.29) is 24.0 Å². The lowest BCUT2D eigenvalue weighted by atomic mass is 9.76. The molecule has 8 aromatic rings. The van der Waals surface area contributed by atoms with Crippen LogP contribution in [0.4, 0.5) is 17.1 Å². The van der Waals surface area contributed by atoms with Gasteiger partial charge >= 0.3 is 0 Å². The van der Waals surface area contributed by atoms with Crippen molar-refractivity contribution in [1.29, 1.82) is 0 Å². The lowest BCUT2D eigenvalue weighted by Crippen LogP contribution is -2.32. The molecule has 4 unspecified atom stereocenters. The molecule has 59 heavy (non-hydrogen) atoms. The first-order chi connectivity index (χ1) is 29.1. The highest BCUT2D eigenvalue weighted by Gasteiger charge is 2.36. The van der Waals surface area contributed by atoms with Gasteiger partial charge in [-0.05, 0) is 93.4 Å². The number of rotatable bonds is 11. The van der Waals surface area contributed by atoms with Crippen LogP contribution in [0, 0.1) is 5.92 Å². The molecule has 0 bridgehead atoms. The summed E-state index contributed by atoms with van der Waals surface area (Å²) in [6.45, 7) is 6.55. The van der Waals surface area contributed by atoms with Gasteiger partial charge in [0.05, 0.1) is 16.4 Å². The van der Waals surface area contributed by atoms with Crippen LogP contribution in [0.25, 0.3) is 38.1 Å². The second-order valence-electron chi connectivity index (χ2n) is 15.6. The molecule has 3 nitrogen and oxygen atoms in total. The summed E-state index contributed by atoms with van der Waals surface area (Å²) in [5.41, 5.74) is 11.9. The van der Waals surface area contributed by atoms with Crippen molar-refractivity contribution in [2.75, 3.05) is 10.2 Å². The van der Waals surface area contributed by atoms with Crippen molar-refractivity contribution in [3.8, 4) is 11.1 Å². The average Bonchev–Trinajstić information content (AvgIpc) is 3.68. The zero-order valence-electron chi connectivity index (χ0n) is 33.0. The van der Waals surface area contributed by atoms with Crippen LogP contribution < -0.4 is 15.5 Å². The number of nitrogens with one attached hydrogen (secondary N) is 2. The van der Waals surface area contributed by atoms with Crippen molar-refractivity contribution in [2.24, 2.45) is 5.92 Å². The second-order valence-corrected chi connectivity index (χ2v) is 16.6. The van der Waals surface area contributed by atoms with Gasteiger partial charge in [-0.25, -0.2) is 0 Å². The van der Waals surface area contributed by atoms with Gasteiger partial charge in [0.25, 0.3) is 0 Å². The van der Waals surface area contributed by atoms with E-state index in [0.717, 1.165) is 22.6 Å². The van der Waals surface area contributed by atoms with Crippen LogP contribution >= 0.6 is 11.3 Å². The Morgan fingerprint density at radius 1 is 0.610 bits per heavy atom. The Labute approximate surface area is 351 Å². The summed E-state index contributed by atoms with van der Waals surface area (Å²) in [5.74, 6) is 0.347. The smallest absolute Gasteiger partial charge is 0.104 e. The number of anilines is 3. The number of thiophene rings is 1. The standard InChI is InChI=1S/C55H45N3S/c1-37(2)53(41-20-8-4-9-21-41)57-55(43-30-29-39-19-12-13-22-42(39)35-43)56-49-28-16-27-48-52-47-26-15-14-25-46(47)50(36-51(52)59-54(48)49)58(44-23-10-5-11-24-44)45-33-31-40(32-34-45)38-17-6-3-7-18-38/h3-36,46-47,53,55-57H,1H2,2H3. The monoisotopic (exact) mass is 779 g/mol. The minimum atomic E-state index is -0.199. The van der Waals surface area contributed by atoms with E-state index in [2.05, 4.69) is 235 Å². The molecule has 0 saturated carbocycles. The first kappa shape index (κ1) is 36.6. The van der Waals surface area contributed by atoms with Gasteiger partial charge in [0, 0.05) is 33.8 Å². The molecule has 4 heteroatoms. The maximum atomic E-state index is 4.44. The minimum absolute atomic E-state index is 0.0490. The summed E-state index contributed by atoms with van der Waals surface area (Å²) < 4.78 is 1.26. The number of benzene rings is 7. The lowest BCUT2D eigenvalue weighted by molar-refractivity contribution is 0.521. The third-order valence-corrected chi connectivity index (χ3v) is 12.9. The first-order valence-corrected chi connectivity index (χ1v) is 21.2. The predicted molar refractivity (Wildman–Crippen MR) is 252 cm³/mol. The molecule has 10 rings (SSSR count). The van der Waals surface area contributed by atoms with Crippen LogP contribution in [0.5, 0.6) is 0 Å². The minimum Gasteiger partial charge on any atom is -0.365 e. The topological polar surface area (TPSA) is 27.3 Å². The normalized spacial score (nSPS) is 16.5. The van der Waals surface area contributed by atoms with Gasteiger partial charge in [-0.15, -0.1) is 11.3 Å². The van der Waals surface area contributed by atoms with Crippen molar-refractivity contribution < 1.29 is 0 Å². The Bertz CT molecular complexity index is 2870. The number of allylic oxidation sites excluding steroid dienone is 4. The van der Waals surface area contributed by atoms with Crippen molar-refractivity contribution in [3.05, 3.63) is 240 Å². The Kier molecular flexibility index (Phi) is 9.87. The Morgan fingerprint density at radius 2 is 1.25 bits per heavy atom. The van der Waals surface area contributed by atoms with Gasteiger partial charge in [-0.2, -0.15) is 0 Å². The fourth-order valence-corrected chi connectivity index (χ4v) is 10.2. The van der Waals surface area contributed by atoms with Crippen molar-refractivity contribution in [3.63, 3.8) is 0 Å². The van der Waals surface area contributed by atoms with Crippen LogP contribution in [0.1, 0.15) is 46.6 Å². The average molecular weight is 780 g/mol. The van der Waals surface area contributed by atoms with Crippen LogP contribution in [-0.2, 0) is 0 Å². The van der Waals surface area contributed by atoms with E-state index in [1.54, 1.807) is 0 Å². The number of nitrogens with zero attached hydrogens (tertiary/aromatic N) is 1. The summed E-state index contributed by atoms with van der Waals surface area (Å²) in [4.78, 5) is 3.76. The number of para-hydroxylation sites is 1. The first-order valence-electron chi connectivity index (χ1n) is 20.4. The maximum absolute atomic E-state index is 4.44. The van der Waals surface area contributed by atoms with Gasteiger partial charge in [-0.3, -0.25) is 5.32 Å². The fraction of sp³-hybridized carbons (Fsp3) is 0.0909. The molecule has 0 radical (unpaired) electrons. The molecular weight excluding hydrogens is 735 g/mol. The molecule has 2 aliphatic rings. The van der Waals surface area contributed by atoms with E-state index < -0.39 is 0 Å². The quantitative estimate of drug-likeness (QED) is 0.101. The number of fused-ring (bicyclic) bond motifs is 6. The van der Waals surface area contributed by atoms with Gasteiger partial charge in [0.1, 0.15) is 6.17 Å². The molecule has 286 valence electrons. The predicted octanol–water partition coefficient (Wildman–Crippen LogP) is 14.8. The van der Waals surface area contributed by atoms with E-state index in [1.807, 2.05) is 11.3 Å². The molecule has 0 fully saturated rings. The second kappa shape index (κ2) is 15.9. The molecule has 1 heterocycles. The lowest BCUT2D eigenvalue weighted by Gasteiger charge is -2.38. The fourth-order valence-electron chi connectivity index (χ4n) is 8.89. The van der Waals surface area contributed by atoms with Gasteiger partial charge in [-0.1, -0.05) is 176 Å². The molecule has 2 N–H and O–H groups in total. The van der Waals surface area contributed by atoms with Crippen molar-refractivity contribution in [2.45, 2.75) is 25.0 Å². The van der Waals surface area contributed by atoms with E-state index in [9.17, 15) is 0 Å². The van der Waals surface area contributed by atoms with Crippen LogP contribution in [0.15, 0.2) is 218 Å². The summed E-state index contributed by atoms with van der Waals surface area (Å²) in [6.07, 6.45) is 11.5. The molecule has 0 aliphatic heterocycles. The van der Waals surface area contributed by atoms with Crippen LogP contribution in [0.2, 0.25) is 0 Å². The molecule has 0 saturated heterocycles. The van der Waals surface area contributed by atoms with Gasteiger partial charge in [0.2, 0.25) is 0 Å². The summed E-state index contributed by atoms with van der Waals surface area (Å²) in [6, 6.07) is 63.2. The maximum Gasteiger partial charge on any atom is 0.104 e. The number of hydrogen-bond acceptors (Lipinski definition) is 4. The SMILES string of the molecule is C=C(C)C(NC(Nc1cccc2c3c(sc12)C=C(N(c1ccccc1)c1ccc(-c2ccccc2)cc1)C1C=CC=CC31)c1ccc2ccccc2c1)c1ccccc1. The van der Waals surface area contributed by atoms with Gasteiger partial charge in [0.15, 0.2) is 0 Å². The highest BCUT2D eigenvalue weighted by molar-refractivity contribution is 7.20. The van der Waals surface area contributed by atoms with E-state index >= 15 is 0 Å².